The Labute approximate surface area is 173 Å². The summed E-state index contributed by atoms with van der Waals surface area (Å²) < 4.78 is 11.8. The van der Waals surface area contributed by atoms with Crippen molar-refractivity contribution in [1.82, 2.24) is 4.90 Å². The molecule has 1 aliphatic carbocycles. The highest BCUT2D eigenvalue weighted by Gasteiger charge is 2.38. The fourth-order valence-corrected chi connectivity index (χ4v) is 4.31. The molecule has 1 aromatic heterocycles. The molecule has 1 fully saturated rings. The third kappa shape index (κ3) is 3.28. The van der Waals surface area contributed by atoms with Gasteiger partial charge < -0.3 is 14.1 Å². The maximum absolute atomic E-state index is 13.0. The first-order valence-corrected chi connectivity index (χ1v) is 10.2. The fourth-order valence-electron chi connectivity index (χ4n) is 4.31. The second-order valence-electron chi connectivity index (χ2n) is 7.81. The quantitative estimate of drug-likeness (QED) is 0.614. The molecule has 0 saturated heterocycles. The number of hydrogen-bond acceptors (Lipinski definition) is 5. The minimum atomic E-state index is -0.542. The number of hydrogen-bond donors (Lipinski definition) is 0. The fraction of sp³-hybridized carbons (Fsp3) is 0.292. The molecule has 0 N–H and O–H groups in total. The number of para-hydroxylation sites is 1. The number of carbonyl (C=O) groups is 3. The molecule has 1 saturated carbocycles. The van der Waals surface area contributed by atoms with Gasteiger partial charge in [-0.1, -0.05) is 24.3 Å². The first-order valence-electron chi connectivity index (χ1n) is 10.2. The van der Waals surface area contributed by atoms with E-state index in [4.69, 9.17) is 9.15 Å². The molecular formula is C24H21NO5. The Balaban J connectivity index is 1.36. The number of benzene rings is 2. The Morgan fingerprint density at radius 1 is 1.00 bits per heavy atom. The molecule has 1 amide bonds. The molecule has 3 aromatic rings. The van der Waals surface area contributed by atoms with E-state index >= 15 is 0 Å². The molecule has 6 heteroatoms. The van der Waals surface area contributed by atoms with Crippen molar-refractivity contribution in [2.45, 2.75) is 44.9 Å². The predicted octanol–water partition coefficient (Wildman–Crippen LogP) is 4.05. The topological polar surface area (TPSA) is 76.8 Å². The zero-order valence-electron chi connectivity index (χ0n) is 16.4. The van der Waals surface area contributed by atoms with E-state index in [1.165, 1.54) is 0 Å². The van der Waals surface area contributed by atoms with E-state index in [1.807, 2.05) is 36.4 Å². The van der Waals surface area contributed by atoms with E-state index in [9.17, 15) is 14.4 Å². The van der Waals surface area contributed by atoms with E-state index in [1.54, 1.807) is 17.0 Å². The van der Waals surface area contributed by atoms with Gasteiger partial charge in [-0.15, -0.1) is 0 Å². The number of amides is 1. The molecule has 30 heavy (non-hydrogen) atoms. The van der Waals surface area contributed by atoms with Gasteiger partial charge >= 0.3 is 0 Å². The smallest absolute Gasteiger partial charge is 0.255 e. The van der Waals surface area contributed by atoms with E-state index in [-0.39, 0.29) is 36.9 Å². The monoisotopic (exact) mass is 403 g/mol. The number of ketones is 2. The number of furan rings is 1. The summed E-state index contributed by atoms with van der Waals surface area (Å²) in [6.45, 7) is 0.561. The summed E-state index contributed by atoms with van der Waals surface area (Å²) in [6.07, 6.45) is 1.22. The predicted molar refractivity (Wildman–Crippen MR) is 109 cm³/mol. The zero-order valence-corrected chi connectivity index (χ0v) is 16.4. The van der Waals surface area contributed by atoms with Crippen molar-refractivity contribution in [3.63, 3.8) is 0 Å². The SMILES string of the molecule is O=C1CCC(=O)C(N2Cc3c(OCc4cc5ccccc5o4)cccc3C2=O)CC1. The van der Waals surface area contributed by atoms with Gasteiger partial charge in [0.25, 0.3) is 5.91 Å². The maximum atomic E-state index is 13.0. The number of nitrogens with zero attached hydrogens (tertiary/aromatic N) is 1. The molecule has 2 heterocycles. The molecule has 5 rings (SSSR count). The van der Waals surface area contributed by atoms with Gasteiger partial charge in [0.2, 0.25) is 0 Å². The van der Waals surface area contributed by atoms with Crippen LogP contribution in [0.3, 0.4) is 0 Å². The highest BCUT2D eigenvalue weighted by molar-refractivity contribution is 6.02. The Morgan fingerprint density at radius 2 is 1.87 bits per heavy atom. The van der Waals surface area contributed by atoms with Gasteiger partial charge in [0.1, 0.15) is 29.5 Å². The normalized spacial score (nSPS) is 19.3. The molecule has 1 atom stereocenters. The lowest BCUT2D eigenvalue weighted by Crippen LogP contribution is -2.40. The highest BCUT2D eigenvalue weighted by Crippen LogP contribution is 2.34. The van der Waals surface area contributed by atoms with Crippen LogP contribution in [0.4, 0.5) is 0 Å². The summed E-state index contributed by atoms with van der Waals surface area (Å²) in [5, 5.41) is 1.01. The van der Waals surface area contributed by atoms with Crippen LogP contribution in [0.15, 0.2) is 52.9 Å². The molecule has 6 nitrogen and oxygen atoms in total. The lowest BCUT2D eigenvalue weighted by molar-refractivity contribution is -0.124. The molecule has 152 valence electrons. The van der Waals surface area contributed by atoms with E-state index in [0.29, 0.717) is 36.5 Å². The third-order valence-electron chi connectivity index (χ3n) is 5.89. The van der Waals surface area contributed by atoms with Crippen molar-refractivity contribution in [2.75, 3.05) is 0 Å². The van der Waals surface area contributed by atoms with Crippen molar-refractivity contribution in [2.24, 2.45) is 0 Å². The van der Waals surface area contributed by atoms with Crippen molar-refractivity contribution < 1.29 is 23.5 Å². The Morgan fingerprint density at radius 3 is 2.73 bits per heavy atom. The second kappa shape index (κ2) is 7.44. The molecule has 1 unspecified atom stereocenters. The van der Waals surface area contributed by atoms with Gasteiger partial charge in [-0.3, -0.25) is 14.4 Å². The van der Waals surface area contributed by atoms with E-state index in [0.717, 1.165) is 16.5 Å². The summed E-state index contributed by atoms with van der Waals surface area (Å²) in [5.41, 5.74) is 2.14. The average molecular weight is 403 g/mol. The Bertz CT molecular complexity index is 1130. The molecule has 2 aliphatic rings. The van der Waals surface area contributed by atoms with Crippen molar-refractivity contribution in [3.05, 3.63) is 65.4 Å². The average Bonchev–Trinajstić information content (AvgIpc) is 3.27. The van der Waals surface area contributed by atoms with Gasteiger partial charge in [0, 0.05) is 35.8 Å². The van der Waals surface area contributed by atoms with Crippen LogP contribution in [0.1, 0.15) is 47.4 Å². The molecule has 1 aliphatic heterocycles. The molecule has 0 radical (unpaired) electrons. The van der Waals surface area contributed by atoms with Crippen molar-refractivity contribution >= 4 is 28.4 Å². The van der Waals surface area contributed by atoms with Gasteiger partial charge in [0.15, 0.2) is 5.78 Å². The first kappa shape index (κ1) is 18.6. The zero-order chi connectivity index (χ0) is 20.7. The molecule has 0 bridgehead atoms. The van der Waals surface area contributed by atoms with Crippen molar-refractivity contribution in [1.29, 1.82) is 0 Å². The second-order valence-corrected chi connectivity index (χ2v) is 7.81. The lowest BCUT2D eigenvalue weighted by Gasteiger charge is -2.25. The van der Waals surface area contributed by atoms with E-state index in [2.05, 4.69) is 0 Å². The van der Waals surface area contributed by atoms with Gasteiger partial charge in [-0.25, -0.2) is 0 Å². The van der Waals surface area contributed by atoms with Crippen LogP contribution in [0.2, 0.25) is 0 Å². The van der Waals surface area contributed by atoms with Crippen LogP contribution in [0, 0.1) is 0 Å². The first-order chi connectivity index (χ1) is 14.6. The van der Waals surface area contributed by atoms with Gasteiger partial charge in [-0.05, 0) is 30.7 Å². The third-order valence-corrected chi connectivity index (χ3v) is 5.89. The Hall–Kier alpha value is -3.41. The lowest BCUT2D eigenvalue weighted by atomic mass is 10.1. The number of rotatable bonds is 4. The number of Topliss-reactive ketones (excluding diaryl/α,β-unsaturated/α-hetero) is 2. The van der Waals surface area contributed by atoms with Crippen molar-refractivity contribution in [3.8, 4) is 5.75 Å². The van der Waals surface area contributed by atoms with Crippen LogP contribution in [-0.2, 0) is 22.7 Å². The van der Waals surface area contributed by atoms with Gasteiger partial charge in [-0.2, -0.15) is 0 Å². The van der Waals surface area contributed by atoms with E-state index < -0.39 is 6.04 Å². The van der Waals surface area contributed by atoms with Crippen LogP contribution in [-0.4, -0.2) is 28.4 Å². The molecular weight excluding hydrogens is 382 g/mol. The highest BCUT2D eigenvalue weighted by atomic mass is 16.5. The van der Waals surface area contributed by atoms with Crippen LogP contribution in [0.5, 0.6) is 5.75 Å². The Kier molecular flexibility index (Phi) is 4.62. The molecule has 2 aromatic carbocycles. The molecule has 0 spiro atoms. The summed E-state index contributed by atoms with van der Waals surface area (Å²) in [6, 6.07) is 14.5. The number of carbonyl (C=O) groups excluding carboxylic acids is 3. The number of fused-ring (bicyclic) bond motifs is 2. The maximum Gasteiger partial charge on any atom is 0.255 e. The number of ether oxygens (including phenoxy) is 1. The standard InChI is InChI=1S/C24H21NO5/c26-16-8-10-20(21(27)11-9-16)25-13-19-18(24(25)28)5-3-7-23(19)29-14-17-12-15-4-1-2-6-22(15)30-17/h1-7,12,20H,8-11,13-14H2. The largest absolute Gasteiger partial charge is 0.485 e. The summed E-state index contributed by atoms with van der Waals surface area (Å²) >= 11 is 0. The summed E-state index contributed by atoms with van der Waals surface area (Å²) in [7, 11) is 0. The minimum Gasteiger partial charge on any atom is -0.485 e. The summed E-state index contributed by atoms with van der Waals surface area (Å²) in [4.78, 5) is 38.9. The van der Waals surface area contributed by atoms with Crippen LogP contribution >= 0.6 is 0 Å². The summed E-state index contributed by atoms with van der Waals surface area (Å²) in [5.74, 6) is 1.19. The van der Waals surface area contributed by atoms with Gasteiger partial charge in [0.05, 0.1) is 12.6 Å². The van der Waals surface area contributed by atoms with Crippen LogP contribution < -0.4 is 4.74 Å². The van der Waals surface area contributed by atoms with Crippen LogP contribution in [0.25, 0.3) is 11.0 Å². The minimum absolute atomic E-state index is 0.0354.